The molecule has 3 aliphatic rings. The molecule has 0 radical (unpaired) electrons. The molecule has 4 rings (SSSR count). The van der Waals surface area contributed by atoms with Gasteiger partial charge < -0.3 is 9.47 Å². The van der Waals surface area contributed by atoms with Gasteiger partial charge in [0.25, 0.3) is 0 Å². The lowest BCUT2D eigenvalue weighted by Gasteiger charge is -2.52. The normalized spacial score (nSPS) is 37.9. The van der Waals surface area contributed by atoms with E-state index in [1.165, 1.54) is 0 Å². The largest absolute Gasteiger partial charge is 0.447 e. The zero-order valence-corrected chi connectivity index (χ0v) is 15.6. The van der Waals surface area contributed by atoms with Crippen molar-refractivity contribution >= 4 is 5.90 Å². The second-order valence-electron chi connectivity index (χ2n) is 7.69. The van der Waals surface area contributed by atoms with Gasteiger partial charge in [-0.3, -0.25) is 5.41 Å². The first-order valence-corrected chi connectivity index (χ1v) is 9.41. The highest BCUT2D eigenvalue weighted by Gasteiger charge is 2.80. The van der Waals surface area contributed by atoms with Crippen molar-refractivity contribution in [1.82, 2.24) is 0 Å². The van der Waals surface area contributed by atoms with Gasteiger partial charge in [-0.15, -0.1) is 0 Å². The van der Waals surface area contributed by atoms with Crippen LogP contribution in [0.15, 0.2) is 42.5 Å². The number of rotatable bonds is 2. The van der Waals surface area contributed by atoms with Crippen LogP contribution in [0.5, 0.6) is 0 Å². The average Bonchev–Trinajstić information content (AvgIpc) is 2.93. The Morgan fingerprint density at radius 3 is 2.46 bits per heavy atom. The Bertz CT molecular complexity index is 953. The minimum Gasteiger partial charge on any atom is -0.447 e. The van der Waals surface area contributed by atoms with E-state index in [0.717, 1.165) is 12.0 Å². The molecule has 3 fully saturated rings. The van der Waals surface area contributed by atoms with E-state index in [1.807, 2.05) is 30.3 Å². The molecule has 1 aromatic rings. The van der Waals surface area contributed by atoms with E-state index in [-0.39, 0.29) is 11.8 Å². The molecule has 0 amide bonds. The van der Waals surface area contributed by atoms with E-state index in [4.69, 9.17) is 14.9 Å². The molecule has 1 aromatic carbocycles. The Balaban J connectivity index is 1.88. The number of benzene rings is 1. The molecule has 1 N–H and O–H groups in total. The Morgan fingerprint density at radius 2 is 1.86 bits per heavy atom. The lowest BCUT2D eigenvalue weighted by Crippen LogP contribution is -2.63. The van der Waals surface area contributed by atoms with Gasteiger partial charge >= 0.3 is 0 Å². The number of nitrogens with zero attached hydrogens (tertiary/aromatic N) is 3. The van der Waals surface area contributed by atoms with E-state index in [2.05, 4.69) is 18.2 Å². The summed E-state index contributed by atoms with van der Waals surface area (Å²) in [5.41, 5.74) is -2.35. The van der Waals surface area contributed by atoms with Crippen LogP contribution in [-0.4, -0.2) is 17.8 Å². The molecule has 0 aromatic heterocycles. The quantitative estimate of drug-likeness (QED) is 0.793. The van der Waals surface area contributed by atoms with Crippen LogP contribution in [0.4, 0.5) is 0 Å². The van der Waals surface area contributed by atoms with Crippen molar-refractivity contribution < 1.29 is 9.47 Å². The number of ether oxygens (including phenoxy) is 2. The number of hydrogen-bond acceptors (Lipinski definition) is 6. The predicted octanol–water partition coefficient (Wildman–Crippen LogP) is 3.79. The van der Waals surface area contributed by atoms with Gasteiger partial charge in [-0.25, -0.2) is 0 Å². The topological polar surface area (TPSA) is 114 Å². The van der Waals surface area contributed by atoms with E-state index < -0.39 is 28.6 Å². The minimum atomic E-state index is -1.84. The van der Waals surface area contributed by atoms with Gasteiger partial charge in [0.05, 0.1) is 24.1 Å². The van der Waals surface area contributed by atoms with E-state index in [0.29, 0.717) is 12.8 Å². The van der Waals surface area contributed by atoms with Crippen molar-refractivity contribution in [2.45, 2.75) is 44.0 Å². The summed E-state index contributed by atoms with van der Waals surface area (Å²) in [4.78, 5) is 0. The molecule has 2 bridgehead atoms. The summed E-state index contributed by atoms with van der Waals surface area (Å²) in [7, 11) is 0. The SMILES string of the molecule is CC=CC1OC23CCC(c4ccccc4)CC2C(C#N)(C(=N)O3)C1(C#N)C#N. The summed E-state index contributed by atoms with van der Waals surface area (Å²) in [5.74, 6) is -1.86. The van der Waals surface area contributed by atoms with Gasteiger partial charge in [-0.2, -0.15) is 15.8 Å². The van der Waals surface area contributed by atoms with E-state index in [9.17, 15) is 15.8 Å². The summed E-state index contributed by atoms with van der Waals surface area (Å²) in [6, 6.07) is 16.3. The Kier molecular flexibility index (Phi) is 4.03. The Labute approximate surface area is 164 Å². The molecular formula is C22H20N4O2. The molecule has 140 valence electrons. The van der Waals surface area contributed by atoms with Crippen molar-refractivity contribution in [1.29, 1.82) is 21.2 Å². The van der Waals surface area contributed by atoms with Crippen LogP contribution in [0.1, 0.15) is 37.7 Å². The lowest BCUT2D eigenvalue weighted by molar-refractivity contribution is -0.282. The molecule has 6 heteroatoms. The summed E-state index contributed by atoms with van der Waals surface area (Å²) < 4.78 is 12.1. The zero-order valence-electron chi connectivity index (χ0n) is 15.6. The molecule has 5 unspecified atom stereocenters. The van der Waals surface area contributed by atoms with Gasteiger partial charge in [0.2, 0.25) is 17.1 Å². The van der Waals surface area contributed by atoms with Crippen LogP contribution in [0.3, 0.4) is 0 Å². The second kappa shape index (κ2) is 6.20. The van der Waals surface area contributed by atoms with Crippen LogP contribution < -0.4 is 0 Å². The van der Waals surface area contributed by atoms with Gasteiger partial charge in [0.1, 0.15) is 6.10 Å². The number of allylic oxidation sites excluding steroid dienone is 1. The lowest BCUT2D eigenvalue weighted by atomic mass is 9.51. The van der Waals surface area contributed by atoms with E-state index >= 15 is 0 Å². The van der Waals surface area contributed by atoms with Crippen LogP contribution in [-0.2, 0) is 9.47 Å². The van der Waals surface area contributed by atoms with Crippen molar-refractivity contribution in [3.05, 3.63) is 48.0 Å². The summed E-state index contributed by atoms with van der Waals surface area (Å²) in [5, 5.41) is 38.9. The maximum Gasteiger partial charge on any atom is 0.217 e. The first kappa shape index (κ1) is 18.2. The van der Waals surface area contributed by atoms with Crippen LogP contribution >= 0.6 is 0 Å². The van der Waals surface area contributed by atoms with E-state index in [1.54, 1.807) is 19.1 Å². The fraction of sp³-hybridized carbons (Fsp3) is 0.455. The predicted molar refractivity (Wildman–Crippen MR) is 99.5 cm³/mol. The summed E-state index contributed by atoms with van der Waals surface area (Å²) in [6.07, 6.45) is 4.21. The van der Waals surface area contributed by atoms with Crippen molar-refractivity contribution in [3.8, 4) is 18.2 Å². The van der Waals surface area contributed by atoms with Gasteiger partial charge in [-0.05, 0) is 31.2 Å². The maximum absolute atomic E-state index is 10.3. The fourth-order valence-electron chi connectivity index (χ4n) is 5.25. The first-order valence-electron chi connectivity index (χ1n) is 9.41. The molecule has 5 atom stereocenters. The number of nitrogens with one attached hydrogen (secondary N) is 1. The minimum absolute atomic E-state index is 0.151. The molecule has 2 saturated heterocycles. The first-order chi connectivity index (χ1) is 13.5. The monoisotopic (exact) mass is 372 g/mol. The molecule has 1 aliphatic carbocycles. The Hall–Kier alpha value is -3.14. The second-order valence-corrected chi connectivity index (χ2v) is 7.69. The van der Waals surface area contributed by atoms with Crippen LogP contribution in [0, 0.1) is 56.2 Å². The summed E-state index contributed by atoms with van der Waals surface area (Å²) >= 11 is 0. The number of nitriles is 3. The average molecular weight is 372 g/mol. The number of hydrogen-bond donors (Lipinski definition) is 1. The fourth-order valence-corrected chi connectivity index (χ4v) is 5.25. The molecule has 0 spiro atoms. The third-order valence-corrected chi connectivity index (χ3v) is 6.59. The van der Waals surface area contributed by atoms with Crippen molar-refractivity contribution in [2.75, 3.05) is 0 Å². The third-order valence-electron chi connectivity index (χ3n) is 6.59. The van der Waals surface area contributed by atoms with Crippen molar-refractivity contribution in [3.63, 3.8) is 0 Å². The summed E-state index contributed by atoms with van der Waals surface area (Å²) in [6.45, 7) is 1.77. The van der Waals surface area contributed by atoms with Crippen LogP contribution in [0.2, 0.25) is 0 Å². The highest BCUT2D eigenvalue weighted by atomic mass is 16.7. The molecule has 28 heavy (non-hydrogen) atoms. The highest BCUT2D eigenvalue weighted by molar-refractivity contribution is 5.89. The Morgan fingerprint density at radius 1 is 1.14 bits per heavy atom. The zero-order chi connectivity index (χ0) is 20.0. The van der Waals surface area contributed by atoms with Gasteiger partial charge in [0, 0.05) is 6.42 Å². The standard InChI is InChI=1S/C22H20N4O2/c1-2-6-18-20(12-23,13-24)21(14-25)17-11-16(15-7-4-3-5-8-15)9-10-22(17,27-18)28-19(21)26/h2-8,16-18,26H,9-11H2,1H3. The molecule has 1 saturated carbocycles. The smallest absolute Gasteiger partial charge is 0.217 e. The third kappa shape index (κ3) is 2.00. The molecular weight excluding hydrogens is 352 g/mol. The maximum atomic E-state index is 10.3. The molecule has 6 nitrogen and oxygen atoms in total. The van der Waals surface area contributed by atoms with Gasteiger partial charge in [-0.1, -0.05) is 42.5 Å². The molecule has 2 heterocycles. The van der Waals surface area contributed by atoms with Crippen LogP contribution in [0.25, 0.3) is 0 Å². The van der Waals surface area contributed by atoms with Crippen molar-refractivity contribution in [2.24, 2.45) is 16.7 Å². The highest BCUT2D eigenvalue weighted by Crippen LogP contribution is 2.67. The van der Waals surface area contributed by atoms with Gasteiger partial charge in [0.15, 0.2) is 5.41 Å². The molecule has 2 aliphatic heterocycles.